The molecule has 11 heteroatoms. The fourth-order valence-corrected chi connectivity index (χ4v) is 4.89. The Balaban J connectivity index is 1.62. The summed E-state index contributed by atoms with van der Waals surface area (Å²) in [6.45, 7) is 3.68. The lowest BCUT2D eigenvalue weighted by molar-refractivity contribution is -0.137. The third kappa shape index (κ3) is 8.49. The van der Waals surface area contributed by atoms with Crippen molar-refractivity contribution in [2.24, 2.45) is 0 Å². The predicted octanol–water partition coefficient (Wildman–Crippen LogP) is 3.99. The summed E-state index contributed by atoms with van der Waals surface area (Å²) in [7, 11) is 0. The molecule has 0 aliphatic heterocycles. The second-order valence-electron chi connectivity index (χ2n) is 9.58. The fraction of sp³-hybridized carbons (Fsp3) is 0.444. The number of carbonyl (C=O) groups is 3. The molecule has 38 heavy (non-hydrogen) atoms. The van der Waals surface area contributed by atoms with Crippen LogP contribution in [0.3, 0.4) is 0 Å². The van der Waals surface area contributed by atoms with Gasteiger partial charge in [-0.15, -0.1) is 11.8 Å². The quantitative estimate of drug-likeness (QED) is 0.354. The van der Waals surface area contributed by atoms with Gasteiger partial charge >= 0.3 is 6.18 Å². The maximum absolute atomic E-state index is 13.0. The van der Waals surface area contributed by atoms with E-state index >= 15 is 0 Å². The molecule has 206 valence electrons. The molecule has 4 N–H and O–H groups in total. The molecule has 1 aliphatic rings. The average Bonchev–Trinajstić information content (AvgIpc) is 2.88. The van der Waals surface area contributed by atoms with Crippen molar-refractivity contribution in [2.75, 3.05) is 12.8 Å². The van der Waals surface area contributed by atoms with E-state index < -0.39 is 30.1 Å². The standard InChI is InChI=1S/C27H33F3N4O3S/c1-16(2)32-20-9-12-22(23(14-20)34-26(37)17-7-10-21(38-3)11-8-17)33-24(35)15-31-25(36)18-5-4-6-19(13-18)27(28,29)30/h4-8,10-11,13,16,20,22-23,32H,9,12,14-15H2,1-3H3,(H,31,36)(H,33,35)(H,34,37). The van der Waals surface area contributed by atoms with Crippen molar-refractivity contribution in [3.63, 3.8) is 0 Å². The second kappa shape index (κ2) is 13.1. The van der Waals surface area contributed by atoms with Crippen LogP contribution in [0.2, 0.25) is 0 Å². The molecule has 2 aromatic carbocycles. The smallest absolute Gasteiger partial charge is 0.350 e. The zero-order valence-electron chi connectivity index (χ0n) is 21.5. The van der Waals surface area contributed by atoms with Gasteiger partial charge < -0.3 is 21.3 Å². The first-order valence-corrected chi connectivity index (χ1v) is 13.6. The highest BCUT2D eigenvalue weighted by Crippen LogP contribution is 2.29. The van der Waals surface area contributed by atoms with E-state index in [4.69, 9.17) is 0 Å². The summed E-state index contributed by atoms with van der Waals surface area (Å²) in [5, 5.41) is 11.8. The van der Waals surface area contributed by atoms with Crippen molar-refractivity contribution in [1.29, 1.82) is 0 Å². The molecule has 1 saturated carbocycles. The summed E-state index contributed by atoms with van der Waals surface area (Å²) < 4.78 is 38.8. The Bertz CT molecular complexity index is 1130. The van der Waals surface area contributed by atoms with E-state index in [9.17, 15) is 27.6 Å². The van der Waals surface area contributed by atoms with Gasteiger partial charge in [0.2, 0.25) is 5.91 Å². The minimum Gasteiger partial charge on any atom is -0.350 e. The normalized spacial score (nSPS) is 19.6. The summed E-state index contributed by atoms with van der Waals surface area (Å²) in [6.07, 6.45) is -0.626. The molecule has 3 atom stereocenters. The molecule has 3 unspecified atom stereocenters. The van der Waals surface area contributed by atoms with Crippen molar-refractivity contribution in [1.82, 2.24) is 21.3 Å². The van der Waals surface area contributed by atoms with Crippen LogP contribution < -0.4 is 21.3 Å². The lowest BCUT2D eigenvalue weighted by atomic mass is 9.86. The van der Waals surface area contributed by atoms with Crippen LogP contribution >= 0.6 is 11.8 Å². The highest BCUT2D eigenvalue weighted by atomic mass is 32.2. The number of hydrogen-bond acceptors (Lipinski definition) is 5. The Morgan fingerprint density at radius 1 is 0.947 bits per heavy atom. The maximum atomic E-state index is 13.0. The van der Waals surface area contributed by atoms with Crippen LogP contribution in [0.15, 0.2) is 53.4 Å². The van der Waals surface area contributed by atoms with Crippen molar-refractivity contribution in [3.05, 3.63) is 65.2 Å². The van der Waals surface area contributed by atoms with Crippen molar-refractivity contribution in [2.45, 2.75) is 68.3 Å². The number of amides is 3. The zero-order valence-corrected chi connectivity index (χ0v) is 22.3. The Morgan fingerprint density at radius 3 is 2.29 bits per heavy atom. The predicted molar refractivity (Wildman–Crippen MR) is 141 cm³/mol. The van der Waals surface area contributed by atoms with Gasteiger partial charge in [-0.25, -0.2) is 0 Å². The van der Waals surface area contributed by atoms with Crippen LogP contribution in [0.1, 0.15) is 59.4 Å². The zero-order chi connectivity index (χ0) is 27.9. The highest BCUT2D eigenvalue weighted by molar-refractivity contribution is 7.98. The summed E-state index contributed by atoms with van der Waals surface area (Å²) in [5.41, 5.74) is -0.617. The minimum absolute atomic E-state index is 0.160. The third-order valence-corrected chi connectivity index (χ3v) is 7.04. The largest absolute Gasteiger partial charge is 0.416 e. The van der Waals surface area contributed by atoms with Crippen LogP contribution in [0, 0.1) is 0 Å². The van der Waals surface area contributed by atoms with Crippen molar-refractivity contribution < 1.29 is 27.6 Å². The van der Waals surface area contributed by atoms with E-state index in [-0.39, 0.29) is 35.6 Å². The second-order valence-corrected chi connectivity index (χ2v) is 10.5. The molecule has 3 amide bonds. The van der Waals surface area contributed by atoms with E-state index in [0.29, 0.717) is 18.4 Å². The van der Waals surface area contributed by atoms with E-state index in [1.807, 2.05) is 32.2 Å². The van der Waals surface area contributed by atoms with E-state index in [2.05, 4.69) is 21.3 Å². The van der Waals surface area contributed by atoms with Crippen molar-refractivity contribution in [3.8, 4) is 0 Å². The number of halogens is 3. The van der Waals surface area contributed by atoms with Gasteiger partial charge in [0.15, 0.2) is 0 Å². The van der Waals surface area contributed by atoms with Crippen LogP contribution in [-0.4, -0.2) is 54.7 Å². The molecule has 0 spiro atoms. The molecular formula is C27H33F3N4O3S. The molecule has 3 rings (SSSR count). The molecule has 2 aromatic rings. The van der Waals surface area contributed by atoms with Gasteiger partial charge in [-0.3, -0.25) is 14.4 Å². The van der Waals surface area contributed by atoms with Crippen LogP contribution in [-0.2, 0) is 11.0 Å². The summed E-state index contributed by atoms with van der Waals surface area (Å²) >= 11 is 1.58. The van der Waals surface area contributed by atoms with Crippen molar-refractivity contribution >= 4 is 29.5 Å². The minimum atomic E-state index is -4.58. The van der Waals surface area contributed by atoms with Gasteiger partial charge in [0, 0.05) is 34.1 Å². The fourth-order valence-electron chi connectivity index (χ4n) is 4.48. The SMILES string of the molecule is CSc1ccc(C(=O)NC2CC(NC(C)C)CCC2NC(=O)CNC(=O)c2cccc(C(F)(F)F)c2)cc1. The number of nitrogens with one attached hydrogen (secondary N) is 4. The maximum Gasteiger partial charge on any atom is 0.416 e. The Kier molecular flexibility index (Phi) is 10.2. The Labute approximate surface area is 224 Å². The molecule has 1 aliphatic carbocycles. The molecule has 0 heterocycles. The number of rotatable bonds is 9. The monoisotopic (exact) mass is 550 g/mol. The van der Waals surface area contributed by atoms with E-state index in [1.165, 1.54) is 6.07 Å². The third-order valence-electron chi connectivity index (χ3n) is 6.30. The number of benzene rings is 2. The first kappa shape index (κ1) is 29.5. The van der Waals surface area contributed by atoms with Crippen LogP contribution in [0.4, 0.5) is 13.2 Å². The van der Waals surface area contributed by atoms with Gasteiger partial charge in [0.05, 0.1) is 18.2 Å². The molecular weight excluding hydrogens is 517 g/mol. The van der Waals surface area contributed by atoms with E-state index in [1.54, 1.807) is 23.9 Å². The first-order valence-electron chi connectivity index (χ1n) is 12.4. The Hall–Kier alpha value is -3.05. The van der Waals surface area contributed by atoms with E-state index in [0.717, 1.165) is 29.5 Å². The molecule has 0 aromatic heterocycles. The van der Waals surface area contributed by atoms with Gasteiger partial charge in [0.25, 0.3) is 11.8 Å². The van der Waals surface area contributed by atoms with Crippen LogP contribution in [0.5, 0.6) is 0 Å². The topological polar surface area (TPSA) is 99.3 Å². The molecule has 7 nitrogen and oxygen atoms in total. The Morgan fingerprint density at radius 2 is 1.66 bits per heavy atom. The van der Waals surface area contributed by atoms with Gasteiger partial charge in [-0.2, -0.15) is 13.2 Å². The molecule has 0 saturated heterocycles. The van der Waals surface area contributed by atoms with Gasteiger partial charge in [-0.1, -0.05) is 19.9 Å². The average molecular weight is 551 g/mol. The number of carbonyl (C=O) groups excluding carboxylic acids is 3. The number of alkyl halides is 3. The summed E-state index contributed by atoms with van der Waals surface area (Å²) in [4.78, 5) is 39.0. The molecule has 0 bridgehead atoms. The highest BCUT2D eigenvalue weighted by Gasteiger charge is 2.33. The lowest BCUT2D eigenvalue weighted by Crippen LogP contribution is -2.58. The molecule has 0 radical (unpaired) electrons. The molecule has 1 fully saturated rings. The van der Waals surface area contributed by atoms with Gasteiger partial charge in [0.1, 0.15) is 0 Å². The first-order chi connectivity index (χ1) is 18.0. The number of hydrogen-bond donors (Lipinski definition) is 4. The lowest BCUT2D eigenvalue weighted by Gasteiger charge is -2.38. The summed E-state index contributed by atoms with van der Waals surface area (Å²) in [6, 6.07) is 11.0. The summed E-state index contributed by atoms with van der Waals surface area (Å²) in [5.74, 6) is -1.52. The number of thioether (sulfide) groups is 1. The van der Waals surface area contributed by atoms with Gasteiger partial charge in [-0.05, 0) is 68.0 Å². The van der Waals surface area contributed by atoms with Crippen LogP contribution in [0.25, 0.3) is 0 Å².